The second-order valence-corrected chi connectivity index (χ2v) is 6.71. The van der Waals surface area contributed by atoms with Crippen molar-refractivity contribution in [2.75, 3.05) is 18.9 Å². The molecule has 13 nitrogen and oxygen atoms in total. The molecule has 7 N–H and O–H groups in total. The van der Waals surface area contributed by atoms with Gasteiger partial charge in [-0.2, -0.15) is 0 Å². The van der Waals surface area contributed by atoms with Gasteiger partial charge in [0.15, 0.2) is 24.0 Å². The van der Waals surface area contributed by atoms with Crippen molar-refractivity contribution in [2.45, 2.75) is 49.1 Å². The van der Waals surface area contributed by atoms with E-state index in [1.807, 2.05) is 0 Å². The number of hydrogen-bond donors (Lipinski definition) is 6. The standard InChI is InChI=1S/C15H21N5O8/c16-12-7-13(18-3-17-12)20(4-19-7)14-10(24)9(23)6(28-14)2-27-15-11(25)8(22)5(21)1-26-15/h3-6,8-11,14-15,21-25H,1-2H2,(H2,16,17,18)/t5?,6-,8?,9-,10-,11?,14-,15?/m1/s1. The average Bonchev–Trinajstić information content (AvgIpc) is 3.22. The molecule has 2 aromatic rings. The molecule has 4 rings (SSSR count). The molecule has 4 heterocycles. The van der Waals surface area contributed by atoms with Crippen LogP contribution in [0.4, 0.5) is 5.82 Å². The number of nitrogens with two attached hydrogens (primary N) is 1. The summed E-state index contributed by atoms with van der Waals surface area (Å²) in [5.41, 5.74) is 6.41. The van der Waals surface area contributed by atoms with E-state index in [0.717, 1.165) is 0 Å². The summed E-state index contributed by atoms with van der Waals surface area (Å²) in [6.07, 6.45) is -7.31. The van der Waals surface area contributed by atoms with Crippen LogP contribution in [0.5, 0.6) is 0 Å². The van der Waals surface area contributed by atoms with Crippen LogP contribution in [0.15, 0.2) is 12.7 Å². The number of fused-ring (bicyclic) bond motifs is 1. The molecule has 0 amide bonds. The summed E-state index contributed by atoms with van der Waals surface area (Å²) in [6, 6.07) is 0. The molecule has 0 aliphatic carbocycles. The minimum Gasteiger partial charge on any atom is -0.388 e. The fourth-order valence-electron chi connectivity index (χ4n) is 3.27. The Labute approximate surface area is 157 Å². The van der Waals surface area contributed by atoms with Gasteiger partial charge in [0.05, 0.1) is 19.5 Å². The Morgan fingerprint density at radius 1 is 1.07 bits per heavy atom. The van der Waals surface area contributed by atoms with Gasteiger partial charge in [-0.15, -0.1) is 0 Å². The van der Waals surface area contributed by atoms with Gasteiger partial charge in [0.25, 0.3) is 0 Å². The van der Waals surface area contributed by atoms with Crippen molar-refractivity contribution in [1.29, 1.82) is 0 Å². The summed E-state index contributed by atoms with van der Waals surface area (Å²) in [5.74, 6) is 0.167. The highest BCUT2D eigenvalue weighted by molar-refractivity contribution is 5.81. The number of imidazole rings is 1. The van der Waals surface area contributed by atoms with E-state index >= 15 is 0 Å². The van der Waals surface area contributed by atoms with E-state index in [1.165, 1.54) is 17.2 Å². The summed E-state index contributed by atoms with van der Waals surface area (Å²) in [6.45, 7) is -0.465. The molecule has 0 aromatic carbocycles. The number of aliphatic hydroxyl groups is 5. The maximum absolute atomic E-state index is 10.4. The minimum absolute atomic E-state index is 0.167. The lowest BCUT2D eigenvalue weighted by atomic mass is 10.1. The van der Waals surface area contributed by atoms with Gasteiger partial charge in [-0.25, -0.2) is 15.0 Å². The summed E-state index contributed by atoms with van der Waals surface area (Å²) in [7, 11) is 0. The SMILES string of the molecule is Nc1ncnc2c1ncn2[C@@H]1O[C@H](COC2OCC(O)C(O)C2O)[C@@H](O)[C@H]1O. The fourth-order valence-corrected chi connectivity index (χ4v) is 3.27. The van der Waals surface area contributed by atoms with Crippen molar-refractivity contribution in [3.05, 3.63) is 12.7 Å². The van der Waals surface area contributed by atoms with Crippen LogP contribution in [-0.2, 0) is 14.2 Å². The van der Waals surface area contributed by atoms with Crippen molar-refractivity contribution in [2.24, 2.45) is 0 Å². The average molecular weight is 399 g/mol. The molecule has 2 saturated heterocycles. The zero-order valence-corrected chi connectivity index (χ0v) is 14.5. The molecule has 2 aromatic heterocycles. The molecule has 0 saturated carbocycles. The summed E-state index contributed by atoms with van der Waals surface area (Å²) in [5, 5.41) is 49.7. The number of ether oxygens (including phenoxy) is 3. The highest BCUT2D eigenvalue weighted by Crippen LogP contribution is 2.32. The van der Waals surface area contributed by atoms with E-state index in [1.54, 1.807) is 0 Å². The van der Waals surface area contributed by atoms with E-state index in [0.29, 0.717) is 11.2 Å². The second-order valence-electron chi connectivity index (χ2n) is 6.71. The van der Waals surface area contributed by atoms with Gasteiger partial charge in [-0.1, -0.05) is 0 Å². The smallest absolute Gasteiger partial charge is 0.186 e. The van der Waals surface area contributed by atoms with Crippen molar-refractivity contribution < 1.29 is 39.7 Å². The summed E-state index contributed by atoms with van der Waals surface area (Å²) < 4.78 is 17.6. The third-order valence-electron chi connectivity index (χ3n) is 4.88. The van der Waals surface area contributed by atoms with E-state index in [2.05, 4.69) is 15.0 Å². The predicted molar refractivity (Wildman–Crippen MR) is 89.4 cm³/mol. The molecular formula is C15H21N5O8. The first-order valence-electron chi connectivity index (χ1n) is 8.60. The first-order chi connectivity index (χ1) is 13.4. The van der Waals surface area contributed by atoms with Crippen LogP contribution in [0.2, 0.25) is 0 Å². The second kappa shape index (κ2) is 7.46. The third kappa shape index (κ3) is 3.21. The molecule has 0 spiro atoms. The number of nitrogen functional groups attached to an aromatic ring is 1. The number of nitrogens with zero attached hydrogens (tertiary/aromatic N) is 4. The van der Waals surface area contributed by atoms with Gasteiger partial charge in [0.2, 0.25) is 0 Å². The molecule has 2 aliphatic rings. The monoisotopic (exact) mass is 399 g/mol. The first kappa shape index (κ1) is 19.4. The number of aromatic nitrogens is 4. The summed E-state index contributed by atoms with van der Waals surface area (Å²) >= 11 is 0. The third-order valence-corrected chi connectivity index (χ3v) is 4.88. The Morgan fingerprint density at radius 2 is 1.86 bits per heavy atom. The zero-order chi connectivity index (χ0) is 20.0. The van der Waals surface area contributed by atoms with Gasteiger partial charge in [0, 0.05) is 0 Å². The van der Waals surface area contributed by atoms with Gasteiger partial charge in [-0.3, -0.25) is 4.57 Å². The van der Waals surface area contributed by atoms with Crippen LogP contribution in [0.1, 0.15) is 6.23 Å². The van der Waals surface area contributed by atoms with Gasteiger partial charge in [0.1, 0.15) is 48.5 Å². The lowest BCUT2D eigenvalue weighted by Crippen LogP contribution is -2.54. The van der Waals surface area contributed by atoms with Crippen LogP contribution in [0, 0.1) is 0 Å². The van der Waals surface area contributed by atoms with E-state index in [9.17, 15) is 25.5 Å². The number of rotatable bonds is 4. The molecule has 8 atom stereocenters. The Balaban J connectivity index is 1.45. The topological polar surface area (TPSA) is 198 Å². The Hall–Kier alpha value is -1.97. The normalized spacial score (nSPS) is 38.9. The Morgan fingerprint density at radius 3 is 2.64 bits per heavy atom. The zero-order valence-electron chi connectivity index (χ0n) is 14.5. The van der Waals surface area contributed by atoms with E-state index in [-0.39, 0.29) is 19.0 Å². The quantitative estimate of drug-likeness (QED) is 0.297. The van der Waals surface area contributed by atoms with Gasteiger partial charge >= 0.3 is 0 Å². The molecule has 4 unspecified atom stereocenters. The van der Waals surface area contributed by atoms with Crippen molar-refractivity contribution in [3.63, 3.8) is 0 Å². The largest absolute Gasteiger partial charge is 0.388 e. The minimum atomic E-state index is -1.47. The Kier molecular flexibility index (Phi) is 5.15. The van der Waals surface area contributed by atoms with Crippen molar-refractivity contribution in [1.82, 2.24) is 19.5 Å². The molecule has 28 heavy (non-hydrogen) atoms. The molecule has 0 bridgehead atoms. The van der Waals surface area contributed by atoms with Crippen LogP contribution < -0.4 is 5.73 Å². The van der Waals surface area contributed by atoms with Crippen molar-refractivity contribution in [3.8, 4) is 0 Å². The van der Waals surface area contributed by atoms with Crippen LogP contribution in [0.3, 0.4) is 0 Å². The molecule has 2 aliphatic heterocycles. The highest BCUT2D eigenvalue weighted by Gasteiger charge is 2.46. The highest BCUT2D eigenvalue weighted by atomic mass is 16.7. The number of hydrogen-bond acceptors (Lipinski definition) is 12. The summed E-state index contributed by atoms with van der Waals surface area (Å²) in [4.78, 5) is 12.0. The number of aliphatic hydroxyl groups excluding tert-OH is 5. The van der Waals surface area contributed by atoms with Gasteiger partial charge < -0.3 is 45.5 Å². The predicted octanol–water partition coefficient (Wildman–Crippen LogP) is -3.52. The Bertz CT molecular complexity index is 836. The number of anilines is 1. The maximum Gasteiger partial charge on any atom is 0.186 e. The molecular weight excluding hydrogens is 378 g/mol. The van der Waals surface area contributed by atoms with Crippen LogP contribution in [0.25, 0.3) is 11.2 Å². The lowest BCUT2D eigenvalue weighted by Gasteiger charge is -2.35. The van der Waals surface area contributed by atoms with Crippen LogP contribution >= 0.6 is 0 Å². The van der Waals surface area contributed by atoms with Crippen LogP contribution in [-0.4, -0.2) is 101 Å². The van der Waals surface area contributed by atoms with E-state index < -0.39 is 49.1 Å². The maximum atomic E-state index is 10.4. The first-order valence-corrected chi connectivity index (χ1v) is 8.60. The molecule has 13 heteroatoms. The fraction of sp³-hybridized carbons (Fsp3) is 0.667. The molecule has 154 valence electrons. The lowest BCUT2D eigenvalue weighted by molar-refractivity contribution is -0.276. The molecule has 2 fully saturated rings. The van der Waals surface area contributed by atoms with Gasteiger partial charge in [-0.05, 0) is 0 Å². The van der Waals surface area contributed by atoms with Crippen molar-refractivity contribution >= 4 is 17.0 Å². The molecule has 0 radical (unpaired) electrons. The van der Waals surface area contributed by atoms with E-state index in [4.69, 9.17) is 19.9 Å².